The van der Waals surface area contributed by atoms with Gasteiger partial charge in [0, 0.05) is 0 Å². The van der Waals surface area contributed by atoms with Gasteiger partial charge in [-0.15, -0.1) is 11.3 Å². The minimum atomic E-state index is -3.93. The van der Waals surface area contributed by atoms with Crippen molar-refractivity contribution in [2.45, 2.75) is 23.2 Å². The van der Waals surface area contributed by atoms with E-state index in [1.165, 1.54) is 12.1 Å². The minimum absolute atomic E-state index is 0.0894. The summed E-state index contributed by atoms with van der Waals surface area (Å²) in [4.78, 5) is 19.1. The maximum absolute atomic E-state index is 13.2. The van der Waals surface area contributed by atoms with E-state index >= 15 is 0 Å². The van der Waals surface area contributed by atoms with Crippen LogP contribution in [0.1, 0.15) is 12.8 Å². The van der Waals surface area contributed by atoms with Gasteiger partial charge >= 0.3 is 0 Å². The van der Waals surface area contributed by atoms with Gasteiger partial charge in [-0.3, -0.25) is 15.1 Å². The second-order valence-electron chi connectivity index (χ2n) is 7.16. The van der Waals surface area contributed by atoms with Crippen molar-refractivity contribution < 1.29 is 13.2 Å². The van der Waals surface area contributed by atoms with Crippen molar-refractivity contribution in [3.63, 3.8) is 0 Å². The lowest BCUT2D eigenvalue weighted by Crippen LogP contribution is -2.53. The number of amidine groups is 1. The number of carbonyl (C=O) groups excluding carboxylic acids is 1. The molecule has 1 unspecified atom stereocenters. The maximum atomic E-state index is 13.2. The number of rotatable bonds is 6. The fourth-order valence-corrected chi connectivity index (χ4v) is 6.45. The molecule has 30 heavy (non-hydrogen) atoms. The van der Waals surface area contributed by atoms with Gasteiger partial charge in [0.2, 0.25) is 0 Å². The van der Waals surface area contributed by atoms with E-state index in [0.29, 0.717) is 23.3 Å². The number of ketones is 1. The topological polar surface area (TPSA) is 129 Å². The summed E-state index contributed by atoms with van der Waals surface area (Å²) >= 11 is 7.01. The molecule has 2 aromatic heterocycles. The highest BCUT2D eigenvalue weighted by molar-refractivity contribution is 7.91. The molecule has 1 aliphatic carbocycles. The van der Waals surface area contributed by atoms with Crippen LogP contribution < -0.4 is 10.5 Å². The van der Waals surface area contributed by atoms with Crippen LogP contribution >= 0.6 is 22.9 Å². The average Bonchev–Trinajstić information content (AvgIpc) is 3.36. The van der Waals surface area contributed by atoms with Crippen molar-refractivity contribution in [3.05, 3.63) is 47.2 Å². The molecule has 2 atom stereocenters. The smallest absolute Gasteiger partial charge is 0.251 e. The van der Waals surface area contributed by atoms with Gasteiger partial charge in [-0.25, -0.2) is 13.4 Å². The van der Waals surface area contributed by atoms with Gasteiger partial charge in [0.05, 0.1) is 27.9 Å². The monoisotopic (exact) mass is 465 g/mol. The van der Waals surface area contributed by atoms with Gasteiger partial charge in [-0.1, -0.05) is 23.8 Å². The highest BCUT2D eigenvalue weighted by Gasteiger charge is 2.38. The van der Waals surface area contributed by atoms with Crippen LogP contribution in [0.25, 0.3) is 10.2 Å². The number of nitrogens with one attached hydrogen (secondary N) is 2. The van der Waals surface area contributed by atoms with Gasteiger partial charge in [0.15, 0.2) is 5.78 Å². The number of Topliss-reactive ketones (excluding diaryl/α,β-unsaturated/α-hetero) is 1. The molecule has 3 heterocycles. The number of pyridine rings is 1. The van der Waals surface area contributed by atoms with Crippen LogP contribution in [-0.4, -0.2) is 49.2 Å². The summed E-state index contributed by atoms with van der Waals surface area (Å²) in [7, 11) is -3.93. The molecular weight excluding hydrogens is 446 g/mol. The minimum Gasteiger partial charge on any atom is -0.384 e. The van der Waals surface area contributed by atoms with Crippen LogP contribution in [0, 0.1) is 11.3 Å². The van der Waals surface area contributed by atoms with Gasteiger partial charge in [0.25, 0.3) is 10.0 Å². The summed E-state index contributed by atoms with van der Waals surface area (Å²) in [5.74, 6) is -1.47. The van der Waals surface area contributed by atoms with E-state index in [1.54, 1.807) is 24.3 Å². The molecule has 11 heteroatoms. The Balaban J connectivity index is 1.67. The molecule has 158 valence electrons. The quantitative estimate of drug-likeness (QED) is 0.341. The number of hydrogen-bond acceptors (Lipinski definition) is 7. The third kappa shape index (κ3) is 4.06. The molecule has 1 fully saturated rings. The first-order valence-corrected chi connectivity index (χ1v) is 12.0. The number of sulfonamides is 1. The Morgan fingerprint density at radius 1 is 1.37 bits per heavy atom. The Morgan fingerprint density at radius 3 is 2.80 bits per heavy atom. The van der Waals surface area contributed by atoms with Crippen molar-refractivity contribution in [2.75, 3.05) is 13.1 Å². The lowest BCUT2D eigenvalue weighted by molar-refractivity contribution is -0.119. The number of hydrogen-bond donors (Lipinski definition) is 3. The average molecular weight is 466 g/mol. The summed E-state index contributed by atoms with van der Waals surface area (Å²) in [6.07, 6.45) is 5.86. The number of halogens is 1. The largest absolute Gasteiger partial charge is 0.384 e. The van der Waals surface area contributed by atoms with E-state index in [1.807, 2.05) is 4.90 Å². The molecular formula is C19H20ClN5O3S2. The number of fused-ring (bicyclic) bond motifs is 1. The van der Waals surface area contributed by atoms with E-state index in [9.17, 15) is 13.2 Å². The van der Waals surface area contributed by atoms with Crippen molar-refractivity contribution >= 4 is 54.8 Å². The Bertz CT molecular complexity index is 1180. The Kier molecular flexibility index (Phi) is 5.78. The predicted octanol–water partition coefficient (Wildman–Crippen LogP) is 2.27. The van der Waals surface area contributed by atoms with Crippen LogP contribution in [0.5, 0.6) is 0 Å². The van der Waals surface area contributed by atoms with Crippen LogP contribution in [0.3, 0.4) is 0 Å². The van der Waals surface area contributed by atoms with Crippen LogP contribution in [0.2, 0.25) is 5.15 Å². The molecule has 0 amide bonds. The number of aromatic nitrogens is 1. The molecule has 4 rings (SSSR count). The van der Waals surface area contributed by atoms with Crippen molar-refractivity contribution in [2.24, 2.45) is 11.7 Å². The van der Waals surface area contributed by atoms with E-state index in [-0.39, 0.29) is 26.6 Å². The zero-order valence-corrected chi connectivity index (χ0v) is 18.2. The Labute approximate surface area is 183 Å². The van der Waals surface area contributed by atoms with Crippen molar-refractivity contribution in [1.29, 1.82) is 5.41 Å². The number of carbonyl (C=O) groups is 1. The number of likely N-dealkylation sites (tertiary alicyclic amines) is 1. The van der Waals surface area contributed by atoms with E-state index in [4.69, 9.17) is 22.7 Å². The highest BCUT2D eigenvalue weighted by Crippen LogP contribution is 2.31. The van der Waals surface area contributed by atoms with Crippen LogP contribution in [-0.2, 0) is 14.8 Å². The first-order valence-electron chi connectivity index (χ1n) is 9.36. The Morgan fingerprint density at radius 2 is 2.10 bits per heavy atom. The lowest BCUT2D eigenvalue weighted by atomic mass is 9.89. The second kappa shape index (κ2) is 8.20. The molecule has 2 aliphatic rings. The number of nitrogens with zero attached hydrogens (tertiary/aromatic N) is 2. The van der Waals surface area contributed by atoms with Crippen LogP contribution in [0.4, 0.5) is 0 Å². The molecule has 0 aromatic carbocycles. The predicted molar refractivity (Wildman–Crippen MR) is 117 cm³/mol. The molecule has 8 nitrogen and oxygen atoms in total. The number of allylic oxidation sites excluding steroid dienone is 2. The highest BCUT2D eigenvalue weighted by atomic mass is 35.5. The fraction of sp³-hybridized carbons (Fsp3) is 0.316. The third-order valence-corrected chi connectivity index (χ3v) is 8.37. The standard InChI is InChI=1S/C19H20ClN5O3S2/c20-15-7-6-14-13(23-15)10-16(29-14)30(27,28)24-19(25-8-1-2-9-25)12-5-3-4-11(17(12)26)18(21)22/h3-7,10,12,19,24H,1-2,8-9H2,(H3,21,22)/t12-,19?/m1/s1. The molecule has 0 radical (unpaired) electrons. The zero-order valence-electron chi connectivity index (χ0n) is 15.8. The summed E-state index contributed by atoms with van der Waals surface area (Å²) in [6.45, 7) is 1.35. The Hall–Kier alpha value is -2.11. The molecule has 1 aliphatic heterocycles. The molecule has 0 spiro atoms. The number of thiophene rings is 1. The van der Waals surface area contributed by atoms with Crippen LogP contribution in [0.15, 0.2) is 46.2 Å². The first kappa shape index (κ1) is 21.1. The van der Waals surface area contributed by atoms with Gasteiger partial charge in [-0.05, 0) is 50.2 Å². The maximum Gasteiger partial charge on any atom is 0.251 e. The summed E-state index contributed by atoms with van der Waals surface area (Å²) in [5.41, 5.74) is 6.13. The summed E-state index contributed by atoms with van der Waals surface area (Å²) in [6, 6.07) is 4.82. The van der Waals surface area contributed by atoms with Crippen molar-refractivity contribution in [1.82, 2.24) is 14.6 Å². The number of nitrogens with two attached hydrogens (primary N) is 1. The van der Waals surface area contributed by atoms with Crippen molar-refractivity contribution in [3.8, 4) is 0 Å². The van der Waals surface area contributed by atoms with Gasteiger partial charge < -0.3 is 5.73 Å². The van der Waals surface area contributed by atoms with Gasteiger partial charge in [-0.2, -0.15) is 4.72 Å². The third-order valence-electron chi connectivity index (χ3n) is 5.17. The zero-order chi connectivity index (χ0) is 21.5. The molecule has 0 bridgehead atoms. The molecule has 0 saturated carbocycles. The normalized spacial score (nSPS) is 21.2. The fourth-order valence-electron chi connectivity index (χ4n) is 3.71. The lowest BCUT2D eigenvalue weighted by Gasteiger charge is -2.33. The molecule has 4 N–H and O–H groups in total. The second-order valence-corrected chi connectivity index (χ2v) is 10.6. The first-order chi connectivity index (χ1) is 14.3. The summed E-state index contributed by atoms with van der Waals surface area (Å²) in [5, 5.41) is 7.93. The van der Waals surface area contributed by atoms with Gasteiger partial charge in [0.1, 0.15) is 15.2 Å². The van der Waals surface area contributed by atoms with E-state index in [0.717, 1.165) is 24.2 Å². The molecule has 1 saturated heterocycles. The van der Waals surface area contributed by atoms with E-state index < -0.39 is 22.1 Å². The molecule has 2 aromatic rings. The summed E-state index contributed by atoms with van der Waals surface area (Å²) < 4.78 is 30.0. The SMILES string of the molecule is N=C(N)C1=CC=C[C@@H](C(NS(=O)(=O)c2cc3nc(Cl)ccc3s2)N2CCCC2)C1=O. The van der Waals surface area contributed by atoms with E-state index in [2.05, 4.69) is 9.71 Å².